The summed E-state index contributed by atoms with van der Waals surface area (Å²) >= 11 is 5.82. The molecule has 18 heavy (non-hydrogen) atoms. The maximum absolute atomic E-state index is 12.8. The van der Waals surface area contributed by atoms with Crippen LogP contribution >= 0.6 is 11.6 Å². The molecular weight excluding hydrogens is 263 g/mol. The Morgan fingerprint density at radius 1 is 1.33 bits per heavy atom. The van der Waals surface area contributed by atoms with Crippen LogP contribution in [0.3, 0.4) is 0 Å². The number of hydrogen-bond donors (Lipinski definition) is 0. The van der Waals surface area contributed by atoms with Crippen molar-refractivity contribution in [2.75, 3.05) is 0 Å². The average Bonchev–Trinajstić information content (AvgIpc) is 2.31. The van der Waals surface area contributed by atoms with Crippen molar-refractivity contribution in [3.05, 3.63) is 57.5 Å². The van der Waals surface area contributed by atoms with E-state index in [2.05, 4.69) is 4.98 Å². The third kappa shape index (κ3) is 2.72. The monoisotopic (exact) mass is 268 g/mol. The van der Waals surface area contributed by atoms with Crippen molar-refractivity contribution < 1.29 is 14.1 Å². The number of hydrogen-bond acceptors (Lipinski definition) is 4. The maximum atomic E-state index is 12.8. The minimum atomic E-state index is -0.714. The molecule has 0 aliphatic rings. The summed E-state index contributed by atoms with van der Waals surface area (Å²) in [4.78, 5) is 13.5. The molecule has 1 heterocycles. The van der Waals surface area contributed by atoms with Gasteiger partial charge in [0.15, 0.2) is 5.75 Å². The van der Waals surface area contributed by atoms with E-state index in [9.17, 15) is 14.5 Å². The molecule has 0 spiro atoms. The van der Waals surface area contributed by atoms with Crippen LogP contribution < -0.4 is 4.74 Å². The summed E-state index contributed by atoms with van der Waals surface area (Å²) in [5, 5.41) is 10.8. The molecule has 0 saturated heterocycles. The van der Waals surface area contributed by atoms with Crippen LogP contribution in [0, 0.1) is 16.1 Å². The molecule has 1 aromatic heterocycles. The van der Waals surface area contributed by atoms with Gasteiger partial charge in [0.1, 0.15) is 0 Å². The Morgan fingerprint density at radius 3 is 2.78 bits per heavy atom. The molecule has 0 aliphatic carbocycles. The number of halogens is 2. The molecule has 2 rings (SSSR count). The van der Waals surface area contributed by atoms with E-state index in [4.69, 9.17) is 16.3 Å². The molecule has 7 heteroatoms. The third-order valence-electron chi connectivity index (χ3n) is 2.03. The van der Waals surface area contributed by atoms with Crippen LogP contribution in [-0.4, -0.2) is 9.91 Å². The van der Waals surface area contributed by atoms with Crippen LogP contribution in [0.15, 0.2) is 36.4 Å². The summed E-state index contributed by atoms with van der Waals surface area (Å²) in [6.07, 6.45) is 0. The molecular formula is C11H6ClFN2O3. The second kappa shape index (κ2) is 4.97. The highest BCUT2D eigenvalue weighted by atomic mass is 35.5. The maximum Gasteiger partial charge on any atom is 0.273 e. The summed E-state index contributed by atoms with van der Waals surface area (Å²) < 4.78 is 18.0. The molecule has 2 aromatic rings. The Bertz CT molecular complexity index is 607. The van der Waals surface area contributed by atoms with Crippen LogP contribution in [0.5, 0.6) is 11.6 Å². The van der Waals surface area contributed by atoms with E-state index in [1.807, 2.05) is 0 Å². The minimum Gasteiger partial charge on any atom is -0.437 e. The lowest BCUT2D eigenvalue weighted by Gasteiger charge is -2.06. The summed E-state index contributed by atoms with van der Waals surface area (Å²) in [6.45, 7) is 0. The fourth-order valence-electron chi connectivity index (χ4n) is 1.24. The van der Waals surface area contributed by atoms with Crippen molar-refractivity contribution in [2.24, 2.45) is 0 Å². The first-order chi connectivity index (χ1) is 8.56. The highest BCUT2D eigenvalue weighted by Crippen LogP contribution is 2.31. The Balaban J connectivity index is 2.33. The van der Waals surface area contributed by atoms with Gasteiger partial charge in [-0.15, -0.1) is 0 Å². The minimum absolute atomic E-state index is 0.0302. The Hall–Kier alpha value is -2.21. The lowest BCUT2D eigenvalue weighted by molar-refractivity contribution is -0.384. The van der Waals surface area contributed by atoms with E-state index >= 15 is 0 Å². The number of aromatic nitrogens is 1. The molecule has 0 aliphatic heterocycles. The topological polar surface area (TPSA) is 65.3 Å². The van der Waals surface area contributed by atoms with E-state index in [1.165, 1.54) is 24.3 Å². The number of benzene rings is 1. The van der Waals surface area contributed by atoms with Crippen LogP contribution in [0.25, 0.3) is 0 Å². The van der Waals surface area contributed by atoms with E-state index < -0.39 is 10.9 Å². The Labute approximate surface area is 106 Å². The van der Waals surface area contributed by atoms with Gasteiger partial charge in [-0.05, 0) is 12.1 Å². The van der Waals surface area contributed by atoms with Gasteiger partial charge >= 0.3 is 0 Å². The largest absolute Gasteiger partial charge is 0.437 e. The van der Waals surface area contributed by atoms with E-state index in [0.29, 0.717) is 0 Å². The van der Waals surface area contributed by atoms with E-state index in [0.717, 1.165) is 12.1 Å². The van der Waals surface area contributed by atoms with Crippen molar-refractivity contribution in [3.8, 4) is 11.6 Å². The summed E-state index contributed by atoms with van der Waals surface area (Å²) in [7, 11) is 0. The van der Waals surface area contributed by atoms with Crippen LogP contribution in [0.1, 0.15) is 0 Å². The lowest BCUT2D eigenvalue weighted by atomic mass is 10.3. The number of nitro benzene ring substituents is 1. The highest BCUT2D eigenvalue weighted by Gasteiger charge is 2.12. The molecule has 0 unspecified atom stereocenters. The molecule has 0 bridgehead atoms. The first kappa shape index (κ1) is 12.3. The van der Waals surface area contributed by atoms with Gasteiger partial charge < -0.3 is 4.74 Å². The van der Waals surface area contributed by atoms with Crippen molar-refractivity contribution in [1.82, 2.24) is 4.98 Å². The van der Waals surface area contributed by atoms with Gasteiger partial charge in [0.25, 0.3) is 5.69 Å². The predicted molar refractivity (Wildman–Crippen MR) is 62.4 cm³/mol. The normalized spacial score (nSPS) is 10.1. The molecule has 0 radical (unpaired) electrons. The predicted octanol–water partition coefficient (Wildman–Crippen LogP) is 3.57. The molecule has 0 N–H and O–H groups in total. The van der Waals surface area contributed by atoms with Gasteiger partial charge in [-0.1, -0.05) is 17.7 Å². The van der Waals surface area contributed by atoms with Crippen LogP contribution in [-0.2, 0) is 0 Å². The first-order valence-electron chi connectivity index (χ1n) is 4.80. The third-order valence-corrected chi connectivity index (χ3v) is 2.34. The van der Waals surface area contributed by atoms with Crippen molar-refractivity contribution in [1.29, 1.82) is 0 Å². The first-order valence-corrected chi connectivity index (χ1v) is 5.18. The number of ether oxygens (including phenoxy) is 1. The van der Waals surface area contributed by atoms with Gasteiger partial charge in [-0.3, -0.25) is 10.1 Å². The number of nitrogens with zero attached hydrogens (tertiary/aromatic N) is 2. The smallest absolute Gasteiger partial charge is 0.273 e. The average molecular weight is 269 g/mol. The number of rotatable bonds is 3. The molecule has 5 nitrogen and oxygen atoms in total. The van der Waals surface area contributed by atoms with E-state index in [1.54, 1.807) is 0 Å². The fourth-order valence-corrected chi connectivity index (χ4v) is 1.40. The highest BCUT2D eigenvalue weighted by molar-refractivity contribution is 6.32. The van der Waals surface area contributed by atoms with Crippen LogP contribution in [0.4, 0.5) is 10.1 Å². The molecule has 1 aromatic carbocycles. The summed E-state index contributed by atoms with van der Waals surface area (Å²) in [6, 6.07) is 7.69. The zero-order valence-corrected chi connectivity index (χ0v) is 9.60. The zero-order chi connectivity index (χ0) is 13.1. The van der Waals surface area contributed by atoms with Gasteiger partial charge in [0.05, 0.1) is 16.0 Å². The Kier molecular flexibility index (Phi) is 3.38. The van der Waals surface area contributed by atoms with Crippen molar-refractivity contribution >= 4 is 17.3 Å². The molecule has 0 atom stereocenters. The van der Waals surface area contributed by atoms with Gasteiger partial charge in [0, 0.05) is 12.1 Å². The van der Waals surface area contributed by atoms with Crippen LogP contribution in [0.2, 0.25) is 5.02 Å². The molecule has 0 fully saturated rings. The summed E-state index contributed by atoms with van der Waals surface area (Å²) in [5.74, 6) is -0.699. The van der Waals surface area contributed by atoms with Crippen molar-refractivity contribution in [3.63, 3.8) is 0 Å². The lowest BCUT2D eigenvalue weighted by Crippen LogP contribution is -1.93. The zero-order valence-electron chi connectivity index (χ0n) is 8.84. The molecule has 92 valence electrons. The van der Waals surface area contributed by atoms with Gasteiger partial charge in [0.2, 0.25) is 11.8 Å². The summed E-state index contributed by atoms with van der Waals surface area (Å²) in [5.41, 5.74) is -0.175. The molecule has 0 amide bonds. The fraction of sp³-hybridized carbons (Fsp3) is 0. The van der Waals surface area contributed by atoms with Gasteiger partial charge in [-0.2, -0.15) is 9.37 Å². The second-order valence-electron chi connectivity index (χ2n) is 3.27. The standard InChI is InChI=1S/C11H6ClFN2O3/c12-8-5-4-7(15(16)17)6-9(8)18-11-3-1-2-10(13)14-11/h1-6H. The number of nitro groups is 1. The Morgan fingerprint density at radius 2 is 2.11 bits per heavy atom. The van der Waals surface area contributed by atoms with Crippen molar-refractivity contribution in [2.45, 2.75) is 0 Å². The van der Waals surface area contributed by atoms with Gasteiger partial charge in [-0.25, -0.2) is 0 Å². The second-order valence-corrected chi connectivity index (χ2v) is 3.68. The quantitative estimate of drug-likeness (QED) is 0.485. The number of non-ortho nitro benzene ring substituents is 1. The number of pyridine rings is 1. The SMILES string of the molecule is O=[N+]([O-])c1ccc(Cl)c(Oc2cccc(F)n2)c1. The molecule has 0 saturated carbocycles. The van der Waals surface area contributed by atoms with E-state index in [-0.39, 0.29) is 22.3 Å².